The van der Waals surface area contributed by atoms with E-state index in [2.05, 4.69) is 4.98 Å². The average molecular weight is 284 g/mol. The first-order valence-corrected chi connectivity index (χ1v) is 6.98. The van der Waals surface area contributed by atoms with Crippen LogP contribution in [0.15, 0.2) is 5.38 Å². The molecular formula is C12H16N2O4S. The second-order valence-corrected chi connectivity index (χ2v) is 5.32. The largest absolute Gasteiger partial charge is 0.479 e. The highest BCUT2D eigenvalue weighted by molar-refractivity contribution is 7.09. The maximum Gasteiger partial charge on any atom is 0.335 e. The van der Waals surface area contributed by atoms with Gasteiger partial charge < -0.3 is 14.7 Å². The maximum absolute atomic E-state index is 11.9. The third-order valence-corrected chi connectivity index (χ3v) is 3.96. The highest BCUT2D eigenvalue weighted by atomic mass is 32.1. The van der Waals surface area contributed by atoms with Crippen molar-refractivity contribution in [3.05, 3.63) is 16.1 Å². The van der Waals surface area contributed by atoms with Crippen molar-refractivity contribution in [2.45, 2.75) is 32.4 Å². The Morgan fingerprint density at radius 3 is 2.95 bits per heavy atom. The molecular weight excluding hydrogens is 268 g/mol. The number of morpholine rings is 1. The van der Waals surface area contributed by atoms with Gasteiger partial charge in [0.15, 0.2) is 6.10 Å². The molecule has 1 fully saturated rings. The van der Waals surface area contributed by atoms with Crippen molar-refractivity contribution >= 4 is 23.2 Å². The van der Waals surface area contributed by atoms with Crippen molar-refractivity contribution in [3.63, 3.8) is 0 Å². The molecule has 19 heavy (non-hydrogen) atoms. The lowest BCUT2D eigenvalue weighted by atomic mass is 10.1. The number of carbonyl (C=O) groups excluding carboxylic acids is 1. The summed E-state index contributed by atoms with van der Waals surface area (Å²) in [5, 5.41) is 11.7. The summed E-state index contributed by atoms with van der Waals surface area (Å²) in [6.45, 7) is 4.11. The van der Waals surface area contributed by atoms with Crippen LogP contribution in [0.2, 0.25) is 0 Å². The minimum absolute atomic E-state index is 0.183. The number of aryl methyl sites for hydroxylation is 1. The zero-order chi connectivity index (χ0) is 14.0. The van der Waals surface area contributed by atoms with Crippen molar-refractivity contribution < 1.29 is 19.4 Å². The number of carboxylic acid groups (broad SMARTS) is 1. The molecule has 2 atom stereocenters. The van der Waals surface area contributed by atoms with Gasteiger partial charge in [-0.25, -0.2) is 9.78 Å². The van der Waals surface area contributed by atoms with E-state index in [9.17, 15) is 14.7 Å². The molecule has 1 amide bonds. The fourth-order valence-corrected chi connectivity index (χ4v) is 3.07. The number of thiazole rings is 1. The summed E-state index contributed by atoms with van der Waals surface area (Å²) in [5.74, 6) is -1.25. The summed E-state index contributed by atoms with van der Waals surface area (Å²) in [6.07, 6.45) is -0.284. The number of hydrogen-bond acceptors (Lipinski definition) is 5. The molecule has 7 heteroatoms. The van der Waals surface area contributed by atoms with Gasteiger partial charge in [-0.15, -0.1) is 11.3 Å². The second-order valence-electron chi connectivity index (χ2n) is 4.43. The first kappa shape index (κ1) is 14.0. The van der Waals surface area contributed by atoms with Crippen molar-refractivity contribution in [3.8, 4) is 0 Å². The fourth-order valence-electron chi connectivity index (χ4n) is 2.14. The van der Waals surface area contributed by atoms with Gasteiger partial charge in [0.05, 0.1) is 0 Å². The van der Waals surface area contributed by atoms with E-state index in [0.717, 1.165) is 12.1 Å². The van der Waals surface area contributed by atoms with Gasteiger partial charge in [0.25, 0.3) is 0 Å². The van der Waals surface area contributed by atoms with Crippen LogP contribution in [0.3, 0.4) is 0 Å². The Morgan fingerprint density at radius 1 is 1.68 bits per heavy atom. The van der Waals surface area contributed by atoms with E-state index < -0.39 is 18.1 Å². The molecule has 1 aromatic heterocycles. The Bertz CT molecular complexity index is 488. The molecule has 0 aliphatic carbocycles. The Labute approximate surface area is 115 Å². The minimum Gasteiger partial charge on any atom is -0.479 e. The van der Waals surface area contributed by atoms with Gasteiger partial charge in [0, 0.05) is 17.6 Å². The number of nitrogens with zero attached hydrogens (tertiary/aromatic N) is 2. The highest BCUT2D eigenvalue weighted by Gasteiger charge is 2.43. The number of ether oxygens (including phenoxy) is 1. The molecule has 0 bridgehead atoms. The first-order valence-electron chi connectivity index (χ1n) is 6.10. The van der Waals surface area contributed by atoms with E-state index in [1.165, 1.54) is 11.3 Å². The maximum atomic E-state index is 11.9. The molecule has 1 aliphatic rings. The highest BCUT2D eigenvalue weighted by Crippen LogP contribution is 2.32. The number of carbonyl (C=O) groups is 2. The number of aromatic nitrogens is 1. The van der Waals surface area contributed by atoms with Crippen molar-refractivity contribution in [1.82, 2.24) is 9.88 Å². The summed E-state index contributed by atoms with van der Waals surface area (Å²) in [6, 6.07) is -0.627. The predicted molar refractivity (Wildman–Crippen MR) is 69.0 cm³/mol. The molecule has 104 valence electrons. The van der Waals surface area contributed by atoms with Crippen LogP contribution in [0, 0.1) is 6.92 Å². The van der Waals surface area contributed by atoms with Gasteiger partial charge in [-0.3, -0.25) is 4.79 Å². The number of aliphatic carboxylic acids is 1. The van der Waals surface area contributed by atoms with Crippen LogP contribution in [0.4, 0.5) is 0 Å². The summed E-state index contributed by atoms with van der Waals surface area (Å²) < 4.78 is 5.18. The smallest absolute Gasteiger partial charge is 0.335 e. The Morgan fingerprint density at radius 2 is 2.42 bits per heavy atom. The van der Waals surface area contributed by atoms with Gasteiger partial charge in [0.2, 0.25) is 5.91 Å². The molecule has 1 aromatic rings. The summed E-state index contributed by atoms with van der Waals surface area (Å²) >= 11 is 1.36. The molecule has 1 aliphatic heterocycles. The zero-order valence-corrected chi connectivity index (χ0v) is 11.6. The van der Waals surface area contributed by atoms with E-state index >= 15 is 0 Å². The standard InChI is InChI=1S/C12H16N2O4S/c1-3-4-14-8(15)5-18-10(12(16)17)9(14)11-13-7(2)6-19-11/h6,9-10H,3-5H2,1-2H3,(H,16,17). The fraction of sp³-hybridized carbons (Fsp3) is 0.583. The number of rotatable bonds is 4. The van der Waals surface area contributed by atoms with Crippen LogP contribution in [0.25, 0.3) is 0 Å². The third kappa shape index (κ3) is 2.76. The third-order valence-electron chi connectivity index (χ3n) is 2.93. The lowest BCUT2D eigenvalue weighted by molar-refractivity contribution is -0.173. The molecule has 0 radical (unpaired) electrons. The normalized spacial score (nSPS) is 23.7. The van der Waals surface area contributed by atoms with E-state index in [4.69, 9.17) is 4.74 Å². The van der Waals surface area contributed by atoms with Crippen LogP contribution in [0.5, 0.6) is 0 Å². The molecule has 0 spiro atoms. The van der Waals surface area contributed by atoms with E-state index in [-0.39, 0.29) is 12.5 Å². The monoisotopic (exact) mass is 284 g/mol. The molecule has 2 rings (SSSR count). The predicted octanol–water partition coefficient (Wildman–Crippen LogP) is 1.21. The van der Waals surface area contributed by atoms with Gasteiger partial charge in [0.1, 0.15) is 17.7 Å². The topological polar surface area (TPSA) is 79.7 Å². The molecule has 0 saturated carbocycles. The van der Waals surface area contributed by atoms with E-state index in [1.54, 1.807) is 4.90 Å². The summed E-state index contributed by atoms with van der Waals surface area (Å²) in [5.41, 5.74) is 0.818. The Hall–Kier alpha value is -1.47. The second kappa shape index (κ2) is 5.66. The van der Waals surface area contributed by atoms with Crippen LogP contribution in [-0.4, -0.2) is 46.1 Å². The molecule has 0 aromatic carbocycles. The molecule has 1 saturated heterocycles. The molecule has 6 nitrogen and oxygen atoms in total. The number of amides is 1. The van der Waals surface area contributed by atoms with Gasteiger partial charge in [-0.05, 0) is 13.3 Å². The van der Waals surface area contributed by atoms with Crippen LogP contribution < -0.4 is 0 Å². The Kier molecular flexibility index (Phi) is 4.16. The number of carboxylic acids is 1. The average Bonchev–Trinajstić information content (AvgIpc) is 2.78. The van der Waals surface area contributed by atoms with Crippen molar-refractivity contribution in [1.29, 1.82) is 0 Å². The van der Waals surface area contributed by atoms with Crippen LogP contribution in [-0.2, 0) is 14.3 Å². The van der Waals surface area contributed by atoms with Gasteiger partial charge in [-0.2, -0.15) is 0 Å². The molecule has 1 N–H and O–H groups in total. The van der Waals surface area contributed by atoms with Crippen molar-refractivity contribution in [2.75, 3.05) is 13.2 Å². The quantitative estimate of drug-likeness (QED) is 0.899. The van der Waals surface area contributed by atoms with Crippen molar-refractivity contribution in [2.24, 2.45) is 0 Å². The lowest BCUT2D eigenvalue weighted by Gasteiger charge is -2.37. The minimum atomic E-state index is -1.06. The van der Waals surface area contributed by atoms with Gasteiger partial charge in [-0.1, -0.05) is 6.92 Å². The lowest BCUT2D eigenvalue weighted by Crippen LogP contribution is -2.52. The van der Waals surface area contributed by atoms with Crippen LogP contribution in [0.1, 0.15) is 30.1 Å². The first-order chi connectivity index (χ1) is 9.04. The van der Waals surface area contributed by atoms with Crippen LogP contribution >= 0.6 is 11.3 Å². The van der Waals surface area contributed by atoms with E-state index in [1.807, 2.05) is 19.2 Å². The summed E-state index contributed by atoms with van der Waals surface area (Å²) in [4.78, 5) is 29.1. The SMILES string of the molecule is CCCN1C(=O)COC(C(=O)O)C1c1nc(C)cs1. The molecule has 2 heterocycles. The Balaban J connectivity index is 2.37. The summed E-state index contributed by atoms with van der Waals surface area (Å²) in [7, 11) is 0. The number of hydrogen-bond donors (Lipinski definition) is 1. The zero-order valence-electron chi connectivity index (χ0n) is 10.8. The molecule has 2 unspecified atom stereocenters. The van der Waals surface area contributed by atoms with E-state index in [0.29, 0.717) is 11.6 Å². The van der Waals surface area contributed by atoms with Gasteiger partial charge >= 0.3 is 5.97 Å².